The zero-order valence-corrected chi connectivity index (χ0v) is 16.2. The predicted octanol–water partition coefficient (Wildman–Crippen LogP) is -1.57. The van der Waals surface area contributed by atoms with Crippen LogP contribution in [0.4, 0.5) is 0 Å². The van der Waals surface area contributed by atoms with Crippen molar-refractivity contribution in [3.63, 3.8) is 0 Å². The van der Waals surface area contributed by atoms with Gasteiger partial charge in [0.25, 0.3) is 0 Å². The molecule has 29 heavy (non-hydrogen) atoms. The topological polar surface area (TPSA) is 166 Å². The van der Waals surface area contributed by atoms with Crippen LogP contribution in [-0.4, -0.2) is 85.6 Å². The minimum absolute atomic E-state index is 0.143. The Balaban J connectivity index is 1.92. The van der Waals surface area contributed by atoms with Gasteiger partial charge in [-0.2, -0.15) is 0 Å². The van der Waals surface area contributed by atoms with E-state index in [-0.39, 0.29) is 18.8 Å². The first kappa shape index (κ1) is 23.5. The third kappa shape index (κ3) is 5.64. The fourth-order valence-corrected chi connectivity index (χ4v) is 2.64. The van der Waals surface area contributed by atoms with E-state index in [2.05, 4.69) is 0 Å². The van der Waals surface area contributed by atoms with Crippen molar-refractivity contribution in [2.75, 3.05) is 6.61 Å². The maximum atomic E-state index is 11.8. The van der Waals surface area contributed by atoms with Gasteiger partial charge in [-0.15, -0.1) is 0 Å². The zero-order valence-electron chi connectivity index (χ0n) is 16.2. The van der Waals surface area contributed by atoms with Crippen LogP contribution in [0.15, 0.2) is 24.3 Å². The van der Waals surface area contributed by atoms with Crippen LogP contribution in [-0.2, 0) is 20.9 Å². The lowest BCUT2D eigenvalue weighted by atomic mass is 9.96. The van der Waals surface area contributed by atoms with E-state index >= 15 is 0 Å². The molecule has 1 heterocycles. The van der Waals surface area contributed by atoms with Crippen molar-refractivity contribution in [2.45, 2.75) is 69.3 Å². The first-order chi connectivity index (χ1) is 13.6. The summed E-state index contributed by atoms with van der Waals surface area (Å²) in [6.45, 7) is 2.26. The van der Waals surface area contributed by atoms with Crippen LogP contribution in [0.3, 0.4) is 0 Å². The molecule has 6 N–H and O–H groups in total. The van der Waals surface area contributed by atoms with Gasteiger partial charge in [0.05, 0.1) is 12.2 Å². The molecule has 1 aliphatic heterocycles. The summed E-state index contributed by atoms with van der Waals surface area (Å²) in [6, 6.07) is 6.14. The van der Waals surface area contributed by atoms with Gasteiger partial charge in [0.2, 0.25) is 6.29 Å². The second-order valence-electron chi connectivity index (χ2n) is 7.18. The van der Waals surface area contributed by atoms with E-state index in [1.165, 1.54) is 19.1 Å². The molecule has 1 aromatic rings. The Morgan fingerprint density at radius 1 is 1.17 bits per heavy atom. The summed E-state index contributed by atoms with van der Waals surface area (Å²) in [5.41, 5.74) is -1.01. The monoisotopic (exact) mass is 416 g/mol. The summed E-state index contributed by atoms with van der Waals surface area (Å²) in [5.74, 6) is -0.683. The molecule has 10 nitrogen and oxygen atoms in total. The molecule has 7 atom stereocenters. The van der Waals surface area contributed by atoms with Crippen molar-refractivity contribution in [1.29, 1.82) is 0 Å². The average Bonchev–Trinajstić information content (AvgIpc) is 2.72. The number of benzene rings is 1. The molecule has 0 radical (unpaired) electrons. The number of carbonyl (C=O) groups is 1. The number of carbonyl (C=O) groups excluding carboxylic acids is 1. The number of rotatable bonds is 8. The number of aliphatic hydroxyl groups is 6. The Morgan fingerprint density at radius 3 is 2.34 bits per heavy atom. The largest absolute Gasteiger partial charge is 0.462 e. The highest BCUT2D eigenvalue weighted by Crippen LogP contribution is 2.24. The normalized spacial score (nSPS) is 30.3. The fourth-order valence-electron chi connectivity index (χ4n) is 2.64. The lowest BCUT2D eigenvalue weighted by molar-refractivity contribution is -0.277. The molecule has 1 saturated heterocycles. The van der Waals surface area contributed by atoms with Gasteiger partial charge in [0.1, 0.15) is 36.8 Å². The Kier molecular flexibility index (Phi) is 7.94. The molecule has 0 bridgehead atoms. The highest BCUT2D eigenvalue weighted by Gasteiger charge is 2.44. The van der Waals surface area contributed by atoms with Crippen LogP contribution >= 0.6 is 0 Å². The van der Waals surface area contributed by atoms with Crippen molar-refractivity contribution in [1.82, 2.24) is 0 Å². The molecule has 2 rings (SSSR count). The second kappa shape index (κ2) is 9.81. The van der Waals surface area contributed by atoms with Gasteiger partial charge in [0, 0.05) is 0 Å². The first-order valence-corrected chi connectivity index (χ1v) is 9.24. The molecule has 1 aliphatic rings. The standard InChI is InChI=1S/C19H28O10/c1-3-19(2,26)16(24)17(25)27-9-10-4-6-11(7-5-10)28-18-15(23)14(22)13(21)12(8-20)29-18/h4-7,12-16,18,20-24,26H,3,8-9H2,1-2H3/t12-,13-,14+,15-,16+,18+,19-/m1/s1. The van der Waals surface area contributed by atoms with E-state index < -0.39 is 55.0 Å². The fraction of sp³-hybridized carbons (Fsp3) is 0.632. The number of hydrogen-bond acceptors (Lipinski definition) is 10. The predicted molar refractivity (Wildman–Crippen MR) is 97.6 cm³/mol. The van der Waals surface area contributed by atoms with E-state index in [9.17, 15) is 35.4 Å². The zero-order chi connectivity index (χ0) is 21.8. The van der Waals surface area contributed by atoms with Crippen molar-refractivity contribution in [3.05, 3.63) is 29.8 Å². The van der Waals surface area contributed by atoms with Crippen molar-refractivity contribution in [2.24, 2.45) is 0 Å². The Hall–Kier alpha value is -1.79. The lowest BCUT2D eigenvalue weighted by Crippen LogP contribution is -2.60. The molecule has 0 amide bonds. The Morgan fingerprint density at radius 2 is 1.79 bits per heavy atom. The van der Waals surface area contributed by atoms with E-state index in [0.717, 1.165) is 0 Å². The minimum atomic E-state index is -1.67. The van der Waals surface area contributed by atoms with Crippen LogP contribution in [0.25, 0.3) is 0 Å². The second-order valence-corrected chi connectivity index (χ2v) is 7.18. The number of esters is 1. The molecule has 10 heteroatoms. The van der Waals surface area contributed by atoms with Gasteiger partial charge in [0.15, 0.2) is 6.10 Å². The van der Waals surface area contributed by atoms with Crippen molar-refractivity contribution < 1.29 is 49.6 Å². The Bertz CT molecular complexity index is 659. The molecular formula is C19H28O10. The molecule has 0 aromatic heterocycles. The van der Waals surface area contributed by atoms with Gasteiger partial charge in [-0.05, 0) is 31.0 Å². The molecular weight excluding hydrogens is 388 g/mol. The first-order valence-electron chi connectivity index (χ1n) is 9.24. The molecule has 1 fully saturated rings. The van der Waals surface area contributed by atoms with E-state index in [4.69, 9.17) is 14.2 Å². The van der Waals surface area contributed by atoms with E-state index in [1.54, 1.807) is 19.1 Å². The van der Waals surface area contributed by atoms with Gasteiger partial charge in [-0.3, -0.25) is 0 Å². The molecule has 164 valence electrons. The summed E-state index contributed by atoms with van der Waals surface area (Å²) in [4.78, 5) is 11.8. The van der Waals surface area contributed by atoms with Gasteiger partial charge in [-0.1, -0.05) is 19.1 Å². The third-order valence-electron chi connectivity index (χ3n) is 4.93. The Labute approximate surface area is 167 Å². The smallest absolute Gasteiger partial charge is 0.338 e. The van der Waals surface area contributed by atoms with Crippen molar-refractivity contribution >= 4 is 5.97 Å². The number of ether oxygens (including phenoxy) is 3. The number of hydrogen-bond donors (Lipinski definition) is 6. The summed E-state index contributed by atoms with van der Waals surface area (Å²) in [6.07, 6.45) is -8.42. The maximum absolute atomic E-state index is 11.8. The summed E-state index contributed by atoms with van der Waals surface area (Å²) in [5, 5.41) is 58.4. The average molecular weight is 416 g/mol. The van der Waals surface area contributed by atoms with Crippen molar-refractivity contribution in [3.8, 4) is 5.75 Å². The summed E-state index contributed by atoms with van der Waals surface area (Å²) >= 11 is 0. The van der Waals surface area contributed by atoms with Crippen LogP contribution in [0.5, 0.6) is 5.75 Å². The lowest BCUT2D eigenvalue weighted by Gasteiger charge is -2.39. The van der Waals surface area contributed by atoms with Crippen LogP contribution in [0.1, 0.15) is 25.8 Å². The third-order valence-corrected chi connectivity index (χ3v) is 4.93. The van der Waals surface area contributed by atoms with E-state index in [1.807, 2.05) is 0 Å². The highest BCUT2D eigenvalue weighted by atomic mass is 16.7. The quantitative estimate of drug-likeness (QED) is 0.273. The van der Waals surface area contributed by atoms with Crippen LogP contribution in [0, 0.1) is 0 Å². The SMILES string of the molecule is CC[C@@](C)(O)[C@@H](O)C(=O)OCc1ccc(O[C@H]2O[C@H](CO)[C@@H](O)[C@H](O)[C@H]2O)cc1. The van der Waals surface area contributed by atoms with Crippen LogP contribution in [0.2, 0.25) is 0 Å². The van der Waals surface area contributed by atoms with Crippen LogP contribution < -0.4 is 4.74 Å². The molecule has 1 aromatic carbocycles. The minimum Gasteiger partial charge on any atom is -0.462 e. The maximum Gasteiger partial charge on any atom is 0.338 e. The van der Waals surface area contributed by atoms with E-state index in [0.29, 0.717) is 5.56 Å². The molecule has 0 saturated carbocycles. The number of aliphatic hydroxyl groups excluding tert-OH is 5. The van der Waals surface area contributed by atoms with Gasteiger partial charge in [-0.25, -0.2) is 4.79 Å². The summed E-state index contributed by atoms with van der Waals surface area (Å²) < 4.78 is 15.7. The molecule has 0 aliphatic carbocycles. The highest BCUT2D eigenvalue weighted by molar-refractivity contribution is 5.75. The van der Waals surface area contributed by atoms with Gasteiger partial charge < -0.3 is 44.8 Å². The summed E-state index contributed by atoms with van der Waals surface area (Å²) in [7, 11) is 0. The molecule has 0 spiro atoms. The van der Waals surface area contributed by atoms with Gasteiger partial charge >= 0.3 is 5.97 Å². The molecule has 0 unspecified atom stereocenters.